The third kappa shape index (κ3) is 4.35. The molecule has 2 amide bonds. The van der Waals surface area contributed by atoms with Gasteiger partial charge >= 0.3 is 0 Å². The molecule has 0 radical (unpaired) electrons. The monoisotopic (exact) mass is 427 g/mol. The number of rotatable bonds is 5. The van der Waals surface area contributed by atoms with Gasteiger partial charge in [0.15, 0.2) is 0 Å². The van der Waals surface area contributed by atoms with Gasteiger partial charge in [-0.1, -0.05) is 0 Å². The van der Waals surface area contributed by atoms with Crippen molar-refractivity contribution in [2.45, 2.75) is 22.6 Å². The first-order valence-corrected chi connectivity index (χ1v) is 11.9. The highest BCUT2D eigenvalue weighted by Crippen LogP contribution is 2.29. The Morgan fingerprint density at radius 2 is 1.79 bits per heavy atom. The first kappa shape index (κ1) is 21.1. The maximum atomic E-state index is 13.1. The summed E-state index contributed by atoms with van der Waals surface area (Å²) in [5.74, 6) is -0.860. The SMILES string of the molecule is CSc1ccc(S(=O)(=O)N2CCC(C(N)=O)CC2)cc1C(=O)N1CCOCC1. The van der Waals surface area contributed by atoms with Gasteiger partial charge in [0, 0.05) is 37.0 Å². The third-order valence-electron chi connectivity index (χ3n) is 5.19. The second-order valence-electron chi connectivity index (χ2n) is 6.85. The number of benzene rings is 1. The Balaban J connectivity index is 1.85. The zero-order valence-electron chi connectivity index (χ0n) is 15.8. The second-order valence-corrected chi connectivity index (χ2v) is 9.63. The molecule has 1 aromatic rings. The van der Waals surface area contributed by atoms with Crippen LogP contribution in [0, 0.1) is 5.92 Å². The van der Waals surface area contributed by atoms with E-state index >= 15 is 0 Å². The lowest BCUT2D eigenvalue weighted by atomic mass is 9.98. The molecule has 2 aliphatic rings. The number of morpholine rings is 1. The molecule has 0 unspecified atom stereocenters. The van der Waals surface area contributed by atoms with Crippen LogP contribution >= 0.6 is 11.8 Å². The molecule has 3 rings (SSSR count). The number of nitrogens with zero attached hydrogens (tertiary/aromatic N) is 2. The van der Waals surface area contributed by atoms with Crippen molar-refractivity contribution in [3.05, 3.63) is 23.8 Å². The highest BCUT2D eigenvalue weighted by molar-refractivity contribution is 7.98. The molecule has 8 nitrogen and oxygen atoms in total. The minimum atomic E-state index is -3.75. The lowest BCUT2D eigenvalue weighted by Crippen LogP contribution is -2.42. The van der Waals surface area contributed by atoms with Gasteiger partial charge in [-0.25, -0.2) is 8.42 Å². The van der Waals surface area contributed by atoms with E-state index in [4.69, 9.17) is 10.5 Å². The van der Waals surface area contributed by atoms with Gasteiger partial charge in [-0.2, -0.15) is 4.31 Å². The van der Waals surface area contributed by atoms with Crippen LogP contribution in [0.1, 0.15) is 23.2 Å². The molecule has 2 saturated heterocycles. The van der Waals surface area contributed by atoms with Crippen LogP contribution in [-0.2, 0) is 19.6 Å². The molecule has 1 aromatic carbocycles. The van der Waals surface area contributed by atoms with E-state index in [1.165, 1.54) is 28.2 Å². The minimum absolute atomic E-state index is 0.0967. The molecule has 0 atom stereocenters. The van der Waals surface area contributed by atoms with Crippen molar-refractivity contribution in [2.24, 2.45) is 11.7 Å². The van der Waals surface area contributed by atoms with Gasteiger partial charge in [-0.15, -0.1) is 11.8 Å². The summed E-state index contributed by atoms with van der Waals surface area (Å²) in [6, 6.07) is 4.69. The fraction of sp³-hybridized carbons (Fsp3) is 0.556. The number of sulfonamides is 1. The van der Waals surface area contributed by atoms with Gasteiger partial charge in [0.1, 0.15) is 0 Å². The molecular formula is C18H25N3O5S2. The Bertz CT molecular complexity index is 845. The summed E-state index contributed by atoms with van der Waals surface area (Å²) in [6.45, 7) is 2.43. The summed E-state index contributed by atoms with van der Waals surface area (Å²) < 4.78 is 32.8. The highest BCUT2D eigenvalue weighted by atomic mass is 32.2. The quantitative estimate of drug-likeness (QED) is 0.695. The molecule has 2 fully saturated rings. The summed E-state index contributed by atoms with van der Waals surface area (Å²) in [6.07, 6.45) is 2.68. The number of primary amides is 1. The molecule has 0 aliphatic carbocycles. The van der Waals surface area contributed by atoms with E-state index in [0.717, 1.165) is 4.90 Å². The molecule has 2 aliphatic heterocycles. The number of hydrogen-bond donors (Lipinski definition) is 1. The summed E-state index contributed by atoms with van der Waals surface area (Å²) in [4.78, 5) is 26.8. The Morgan fingerprint density at radius 1 is 1.14 bits per heavy atom. The number of amides is 2. The normalized spacial score (nSPS) is 19.5. The standard InChI is InChI=1S/C18H25N3O5S2/c1-27-16-3-2-14(12-15(16)18(23)20-8-10-26-11-9-20)28(24,25)21-6-4-13(5-7-21)17(19)22/h2-3,12-13H,4-11H2,1H3,(H2,19,22). The van der Waals surface area contributed by atoms with Crippen molar-refractivity contribution in [1.29, 1.82) is 0 Å². The average molecular weight is 428 g/mol. The van der Waals surface area contributed by atoms with Gasteiger partial charge in [0.2, 0.25) is 15.9 Å². The van der Waals surface area contributed by atoms with E-state index < -0.39 is 10.0 Å². The Labute approximate surface area is 169 Å². The predicted molar refractivity (Wildman–Crippen MR) is 106 cm³/mol. The van der Waals surface area contributed by atoms with Crippen LogP contribution in [0.15, 0.2) is 28.0 Å². The molecule has 0 saturated carbocycles. The van der Waals surface area contributed by atoms with Gasteiger partial charge in [0.25, 0.3) is 5.91 Å². The van der Waals surface area contributed by atoms with Crippen LogP contribution in [-0.4, -0.2) is 75.1 Å². The second kappa shape index (κ2) is 8.81. The molecule has 10 heteroatoms. The minimum Gasteiger partial charge on any atom is -0.378 e. The number of ether oxygens (including phenoxy) is 1. The van der Waals surface area contributed by atoms with Crippen molar-refractivity contribution < 1.29 is 22.7 Å². The maximum Gasteiger partial charge on any atom is 0.255 e. The van der Waals surface area contributed by atoms with E-state index in [9.17, 15) is 18.0 Å². The molecule has 2 heterocycles. The molecular weight excluding hydrogens is 402 g/mol. The van der Waals surface area contributed by atoms with Gasteiger partial charge in [0.05, 0.1) is 23.7 Å². The van der Waals surface area contributed by atoms with Crippen LogP contribution in [0.5, 0.6) is 0 Å². The molecule has 0 bridgehead atoms. The summed E-state index contributed by atoms with van der Waals surface area (Å²) in [5.41, 5.74) is 5.72. The number of carbonyl (C=O) groups is 2. The van der Waals surface area contributed by atoms with Crippen LogP contribution in [0.4, 0.5) is 0 Å². The van der Waals surface area contributed by atoms with Crippen LogP contribution in [0.2, 0.25) is 0 Å². The lowest BCUT2D eigenvalue weighted by molar-refractivity contribution is -0.122. The Morgan fingerprint density at radius 3 is 2.36 bits per heavy atom. The zero-order chi connectivity index (χ0) is 20.3. The van der Waals surface area contributed by atoms with Gasteiger partial charge in [-0.3, -0.25) is 9.59 Å². The van der Waals surface area contributed by atoms with E-state index in [-0.39, 0.29) is 35.7 Å². The topological polar surface area (TPSA) is 110 Å². The third-order valence-corrected chi connectivity index (χ3v) is 7.88. The van der Waals surface area contributed by atoms with Crippen molar-refractivity contribution in [3.63, 3.8) is 0 Å². The number of thioether (sulfide) groups is 1. The lowest BCUT2D eigenvalue weighted by Gasteiger charge is -2.30. The largest absolute Gasteiger partial charge is 0.378 e. The van der Waals surface area contributed by atoms with Crippen molar-refractivity contribution in [1.82, 2.24) is 9.21 Å². The molecule has 154 valence electrons. The smallest absolute Gasteiger partial charge is 0.255 e. The fourth-order valence-electron chi connectivity index (χ4n) is 3.48. The van der Waals surface area contributed by atoms with E-state index in [1.807, 2.05) is 6.26 Å². The molecule has 2 N–H and O–H groups in total. The first-order valence-electron chi connectivity index (χ1n) is 9.19. The number of piperidine rings is 1. The van der Waals surface area contributed by atoms with Crippen LogP contribution < -0.4 is 5.73 Å². The van der Waals surface area contributed by atoms with Gasteiger partial charge < -0.3 is 15.4 Å². The number of carbonyl (C=O) groups excluding carboxylic acids is 2. The van der Waals surface area contributed by atoms with Crippen LogP contribution in [0.25, 0.3) is 0 Å². The van der Waals surface area contributed by atoms with E-state index in [0.29, 0.717) is 44.7 Å². The Hall–Kier alpha value is -1.62. The zero-order valence-corrected chi connectivity index (χ0v) is 17.4. The number of nitrogens with two attached hydrogens (primary N) is 1. The average Bonchev–Trinajstić information content (AvgIpc) is 2.73. The summed E-state index contributed by atoms with van der Waals surface area (Å²) in [7, 11) is -3.75. The fourth-order valence-corrected chi connectivity index (χ4v) is 5.55. The summed E-state index contributed by atoms with van der Waals surface area (Å²) >= 11 is 1.41. The van der Waals surface area contributed by atoms with Crippen molar-refractivity contribution in [3.8, 4) is 0 Å². The van der Waals surface area contributed by atoms with E-state index in [1.54, 1.807) is 11.0 Å². The highest BCUT2D eigenvalue weighted by Gasteiger charge is 2.32. The molecule has 0 spiro atoms. The Kier molecular flexibility index (Phi) is 6.64. The molecule has 28 heavy (non-hydrogen) atoms. The predicted octanol–water partition coefficient (Wildman–Crippen LogP) is 0.767. The van der Waals surface area contributed by atoms with E-state index in [2.05, 4.69) is 0 Å². The number of hydrogen-bond acceptors (Lipinski definition) is 6. The molecule has 0 aromatic heterocycles. The van der Waals surface area contributed by atoms with Crippen molar-refractivity contribution >= 4 is 33.6 Å². The van der Waals surface area contributed by atoms with Crippen molar-refractivity contribution in [2.75, 3.05) is 45.6 Å². The maximum absolute atomic E-state index is 13.1. The summed E-state index contributed by atoms with van der Waals surface area (Å²) in [5, 5.41) is 0. The van der Waals surface area contributed by atoms with Crippen LogP contribution in [0.3, 0.4) is 0 Å². The van der Waals surface area contributed by atoms with Gasteiger partial charge in [-0.05, 0) is 37.3 Å². The first-order chi connectivity index (χ1) is 13.3.